The first-order valence-electron chi connectivity index (χ1n) is 11.8. The van der Waals surface area contributed by atoms with Gasteiger partial charge in [0.1, 0.15) is 6.61 Å². The van der Waals surface area contributed by atoms with E-state index >= 15 is 0 Å². The Hall–Kier alpha value is -0.610. The van der Waals surface area contributed by atoms with Crippen LogP contribution in [-0.4, -0.2) is 37.4 Å². The molecule has 4 nitrogen and oxygen atoms in total. The maximum atomic E-state index is 11.5. The minimum Gasteiger partial charge on any atom is -0.464 e. The lowest BCUT2D eigenvalue weighted by molar-refractivity contribution is -0.143. The molecule has 0 aromatic rings. The van der Waals surface area contributed by atoms with Crippen molar-refractivity contribution in [2.24, 2.45) is 0 Å². The Labute approximate surface area is 168 Å². The van der Waals surface area contributed by atoms with Crippen molar-refractivity contribution in [2.75, 3.05) is 26.3 Å². The highest BCUT2D eigenvalue weighted by Crippen LogP contribution is 2.14. The monoisotopic (exact) mass is 385 g/mol. The van der Waals surface area contributed by atoms with Crippen molar-refractivity contribution in [1.82, 2.24) is 5.32 Å². The van der Waals surface area contributed by atoms with E-state index in [-0.39, 0.29) is 12.6 Å². The van der Waals surface area contributed by atoms with Crippen molar-refractivity contribution in [2.45, 2.75) is 116 Å². The van der Waals surface area contributed by atoms with E-state index in [1.54, 1.807) is 0 Å². The summed E-state index contributed by atoms with van der Waals surface area (Å²) in [7, 11) is 0. The van der Waals surface area contributed by atoms with Crippen LogP contribution in [-0.2, 0) is 9.53 Å². The van der Waals surface area contributed by atoms with Gasteiger partial charge in [-0.1, -0.05) is 103 Å². The number of carbonyl (C=O) groups excluding carboxylic acids is 1. The van der Waals surface area contributed by atoms with E-state index in [0.717, 1.165) is 12.8 Å². The largest absolute Gasteiger partial charge is 0.464 e. The summed E-state index contributed by atoms with van der Waals surface area (Å²) in [5, 5.41) is 11.6. The molecule has 0 rings (SSSR count). The highest BCUT2D eigenvalue weighted by Gasteiger charge is 2.02. The Balaban J connectivity index is 3.09. The summed E-state index contributed by atoms with van der Waals surface area (Å²) in [5.41, 5.74) is 0. The second-order valence-corrected chi connectivity index (χ2v) is 7.75. The number of rotatable bonds is 22. The van der Waals surface area contributed by atoms with Gasteiger partial charge in [-0.3, -0.25) is 4.79 Å². The number of unbranched alkanes of at least 4 members (excludes halogenated alkanes) is 15. The third-order valence-corrected chi connectivity index (χ3v) is 5.06. The van der Waals surface area contributed by atoms with E-state index in [1.807, 2.05) is 0 Å². The minimum atomic E-state index is -0.0915. The smallest absolute Gasteiger partial charge is 0.305 e. The van der Waals surface area contributed by atoms with Crippen molar-refractivity contribution >= 4 is 5.97 Å². The summed E-state index contributed by atoms with van der Waals surface area (Å²) >= 11 is 0. The number of aliphatic hydroxyl groups excluding tert-OH is 1. The van der Waals surface area contributed by atoms with Crippen molar-refractivity contribution in [1.29, 1.82) is 0 Å². The first kappa shape index (κ1) is 26.4. The van der Waals surface area contributed by atoms with Gasteiger partial charge in [-0.25, -0.2) is 0 Å². The van der Waals surface area contributed by atoms with E-state index in [2.05, 4.69) is 12.2 Å². The molecule has 0 aromatic heterocycles. The molecule has 2 N–H and O–H groups in total. The van der Waals surface area contributed by atoms with Gasteiger partial charge >= 0.3 is 5.97 Å². The number of aliphatic hydroxyl groups is 1. The van der Waals surface area contributed by atoms with Gasteiger partial charge in [0.15, 0.2) is 0 Å². The third-order valence-electron chi connectivity index (χ3n) is 5.06. The molecule has 4 heteroatoms. The van der Waals surface area contributed by atoms with Crippen molar-refractivity contribution in [3.63, 3.8) is 0 Å². The van der Waals surface area contributed by atoms with E-state index in [4.69, 9.17) is 9.84 Å². The maximum absolute atomic E-state index is 11.5. The van der Waals surface area contributed by atoms with E-state index in [1.165, 1.54) is 89.9 Å². The fourth-order valence-electron chi connectivity index (χ4n) is 3.33. The van der Waals surface area contributed by atoms with Gasteiger partial charge in [-0.05, 0) is 6.42 Å². The Kier molecular flexibility index (Phi) is 22.9. The quantitative estimate of drug-likeness (QED) is 0.184. The fourth-order valence-corrected chi connectivity index (χ4v) is 3.33. The lowest BCUT2D eigenvalue weighted by Crippen LogP contribution is -2.24. The van der Waals surface area contributed by atoms with Crippen LogP contribution in [0.2, 0.25) is 0 Å². The molecule has 0 amide bonds. The van der Waals surface area contributed by atoms with Crippen LogP contribution in [0.3, 0.4) is 0 Å². The summed E-state index contributed by atoms with van der Waals surface area (Å²) < 4.78 is 5.13. The molecule has 0 saturated heterocycles. The topological polar surface area (TPSA) is 58.6 Å². The molecule has 162 valence electrons. The number of hydrogen-bond donors (Lipinski definition) is 2. The van der Waals surface area contributed by atoms with Crippen LogP contribution in [0.5, 0.6) is 0 Å². The SMILES string of the molecule is CCCCCCCCCCCCCCCCCCC(=O)OCCNCCO. The van der Waals surface area contributed by atoms with Gasteiger partial charge in [0, 0.05) is 19.5 Å². The molecule has 0 aliphatic carbocycles. The first-order valence-corrected chi connectivity index (χ1v) is 11.8. The molecule has 0 spiro atoms. The summed E-state index contributed by atoms with van der Waals surface area (Å²) in [4.78, 5) is 11.5. The average molecular weight is 386 g/mol. The minimum absolute atomic E-state index is 0.0915. The Morgan fingerprint density at radius 3 is 1.59 bits per heavy atom. The van der Waals surface area contributed by atoms with Gasteiger partial charge in [-0.15, -0.1) is 0 Å². The molecule has 0 radical (unpaired) electrons. The summed E-state index contributed by atoms with van der Waals surface area (Å²) in [5.74, 6) is -0.0915. The standard InChI is InChI=1S/C23H47NO3/c1-2-3-4-5-6-7-8-9-10-11-12-13-14-15-16-17-18-23(26)27-22-20-24-19-21-25/h24-25H,2-22H2,1H3. The molecule has 0 aromatic carbocycles. The fraction of sp³-hybridized carbons (Fsp3) is 0.957. The molecular formula is C23H47NO3. The molecule has 0 atom stereocenters. The molecule has 0 fully saturated rings. The zero-order chi connectivity index (χ0) is 19.8. The zero-order valence-corrected chi connectivity index (χ0v) is 18.1. The highest BCUT2D eigenvalue weighted by molar-refractivity contribution is 5.69. The maximum Gasteiger partial charge on any atom is 0.305 e. The third kappa shape index (κ3) is 23.4. The van der Waals surface area contributed by atoms with Crippen LogP contribution in [0, 0.1) is 0 Å². The van der Waals surface area contributed by atoms with Gasteiger partial charge in [-0.2, -0.15) is 0 Å². The number of hydrogen-bond acceptors (Lipinski definition) is 4. The highest BCUT2D eigenvalue weighted by atomic mass is 16.5. The van der Waals surface area contributed by atoms with E-state index < -0.39 is 0 Å². The van der Waals surface area contributed by atoms with Gasteiger partial charge in [0.2, 0.25) is 0 Å². The molecule has 0 aliphatic heterocycles. The molecule has 0 bridgehead atoms. The second kappa shape index (κ2) is 23.4. The zero-order valence-electron chi connectivity index (χ0n) is 18.1. The summed E-state index contributed by atoms with van der Waals surface area (Å²) in [6, 6.07) is 0. The molecule has 0 aliphatic rings. The predicted octanol–water partition coefficient (Wildman–Crippen LogP) is 5.76. The molecular weight excluding hydrogens is 338 g/mol. The predicted molar refractivity (Wildman–Crippen MR) is 115 cm³/mol. The Morgan fingerprint density at radius 2 is 1.15 bits per heavy atom. The van der Waals surface area contributed by atoms with Crippen molar-refractivity contribution in [3.8, 4) is 0 Å². The average Bonchev–Trinajstić information content (AvgIpc) is 2.67. The molecule has 27 heavy (non-hydrogen) atoms. The summed E-state index contributed by atoms with van der Waals surface area (Å²) in [6.07, 6.45) is 22.0. The van der Waals surface area contributed by atoms with Crippen LogP contribution in [0.25, 0.3) is 0 Å². The van der Waals surface area contributed by atoms with Crippen LogP contribution >= 0.6 is 0 Å². The summed E-state index contributed by atoms with van der Waals surface area (Å²) in [6.45, 7) is 3.96. The first-order chi connectivity index (χ1) is 13.3. The number of esters is 1. The van der Waals surface area contributed by atoms with Crippen LogP contribution in [0.1, 0.15) is 116 Å². The molecule has 0 heterocycles. The van der Waals surface area contributed by atoms with Gasteiger partial charge in [0.05, 0.1) is 6.61 Å². The van der Waals surface area contributed by atoms with E-state index in [0.29, 0.717) is 26.1 Å². The van der Waals surface area contributed by atoms with Crippen LogP contribution in [0.15, 0.2) is 0 Å². The van der Waals surface area contributed by atoms with Crippen LogP contribution in [0.4, 0.5) is 0 Å². The van der Waals surface area contributed by atoms with Crippen molar-refractivity contribution in [3.05, 3.63) is 0 Å². The van der Waals surface area contributed by atoms with Crippen molar-refractivity contribution < 1.29 is 14.6 Å². The number of ether oxygens (including phenoxy) is 1. The Morgan fingerprint density at radius 1 is 0.704 bits per heavy atom. The van der Waals surface area contributed by atoms with E-state index in [9.17, 15) is 4.79 Å². The Bertz CT molecular complexity index is 297. The number of nitrogens with one attached hydrogen (secondary N) is 1. The lowest BCUT2D eigenvalue weighted by atomic mass is 10.0. The van der Waals surface area contributed by atoms with Gasteiger partial charge < -0.3 is 15.2 Å². The van der Waals surface area contributed by atoms with Gasteiger partial charge in [0.25, 0.3) is 0 Å². The normalized spacial score (nSPS) is 11.0. The van der Waals surface area contributed by atoms with Crippen LogP contribution < -0.4 is 5.32 Å². The number of carbonyl (C=O) groups is 1. The lowest BCUT2D eigenvalue weighted by Gasteiger charge is -2.06. The second-order valence-electron chi connectivity index (χ2n) is 7.75. The molecule has 0 saturated carbocycles. The molecule has 0 unspecified atom stereocenters.